The Hall–Kier alpha value is -2.57. The van der Waals surface area contributed by atoms with Crippen molar-refractivity contribution in [3.8, 4) is 5.75 Å². The summed E-state index contributed by atoms with van der Waals surface area (Å²) >= 11 is 0. The predicted molar refractivity (Wildman–Crippen MR) is 84.1 cm³/mol. The fourth-order valence-corrected chi connectivity index (χ4v) is 1.95. The van der Waals surface area contributed by atoms with Crippen molar-refractivity contribution < 1.29 is 4.74 Å². The average Bonchev–Trinajstić information content (AvgIpc) is 2.48. The van der Waals surface area contributed by atoms with Gasteiger partial charge >= 0.3 is 0 Å². The third kappa shape index (κ3) is 3.50. The quantitative estimate of drug-likeness (QED) is 0.840. The van der Waals surface area contributed by atoms with Gasteiger partial charge in [-0.05, 0) is 26.0 Å². The third-order valence-electron chi connectivity index (χ3n) is 3.04. The van der Waals surface area contributed by atoms with Crippen molar-refractivity contribution in [1.29, 1.82) is 0 Å². The van der Waals surface area contributed by atoms with E-state index in [0.717, 1.165) is 18.8 Å². The maximum Gasteiger partial charge on any atom is 0.233 e. The Morgan fingerprint density at radius 2 is 1.86 bits per heavy atom. The lowest BCUT2D eigenvalue weighted by atomic mass is 10.3. The van der Waals surface area contributed by atoms with Gasteiger partial charge in [0.2, 0.25) is 17.8 Å². The zero-order chi connectivity index (χ0) is 15.2. The summed E-state index contributed by atoms with van der Waals surface area (Å²) < 4.78 is 5.29. The van der Waals surface area contributed by atoms with Crippen LogP contribution in [0.3, 0.4) is 0 Å². The highest BCUT2D eigenvalue weighted by Gasteiger charge is 2.11. The van der Waals surface area contributed by atoms with Crippen LogP contribution in [0, 0.1) is 0 Å². The minimum absolute atomic E-state index is 0.185. The van der Waals surface area contributed by atoms with E-state index in [-0.39, 0.29) is 5.95 Å². The molecule has 21 heavy (non-hydrogen) atoms. The summed E-state index contributed by atoms with van der Waals surface area (Å²) in [6, 6.07) is 7.54. The van der Waals surface area contributed by atoms with Crippen LogP contribution in [0.15, 0.2) is 24.3 Å². The highest BCUT2D eigenvalue weighted by molar-refractivity contribution is 5.63. The fraction of sp³-hybridized carbons (Fsp3) is 0.357. The summed E-state index contributed by atoms with van der Waals surface area (Å²) in [4.78, 5) is 14.7. The van der Waals surface area contributed by atoms with E-state index in [1.807, 2.05) is 43.0 Å². The molecule has 0 fully saturated rings. The van der Waals surface area contributed by atoms with Gasteiger partial charge in [-0.3, -0.25) is 0 Å². The molecule has 7 nitrogen and oxygen atoms in total. The van der Waals surface area contributed by atoms with Gasteiger partial charge in [0.1, 0.15) is 5.75 Å². The van der Waals surface area contributed by atoms with Crippen LogP contribution < -0.4 is 20.7 Å². The summed E-state index contributed by atoms with van der Waals surface area (Å²) in [5, 5.41) is 3.11. The van der Waals surface area contributed by atoms with Crippen LogP contribution in [0.25, 0.3) is 0 Å². The summed E-state index contributed by atoms with van der Waals surface area (Å²) in [7, 11) is 1.61. The molecule has 0 amide bonds. The molecule has 0 spiro atoms. The van der Waals surface area contributed by atoms with Crippen LogP contribution >= 0.6 is 0 Å². The number of nitrogens with two attached hydrogens (primary N) is 1. The lowest BCUT2D eigenvalue weighted by Crippen LogP contribution is -2.25. The minimum atomic E-state index is 0.185. The minimum Gasteiger partial charge on any atom is -0.495 e. The highest BCUT2D eigenvalue weighted by atomic mass is 16.5. The first-order valence-corrected chi connectivity index (χ1v) is 6.84. The molecule has 0 aliphatic heterocycles. The second-order valence-corrected chi connectivity index (χ2v) is 4.31. The largest absolute Gasteiger partial charge is 0.495 e. The molecule has 0 saturated heterocycles. The molecule has 1 aromatic carbocycles. The number of aromatic nitrogens is 3. The van der Waals surface area contributed by atoms with Crippen molar-refractivity contribution >= 4 is 23.5 Å². The van der Waals surface area contributed by atoms with E-state index in [9.17, 15) is 0 Å². The maximum atomic E-state index is 5.77. The van der Waals surface area contributed by atoms with Gasteiger partial charge in [-0.1, -0.05) is 12.1 Å². The Kier molecular flexibility index (Phi) is 4.76. The standard InChI is InChI=1S/C14H20N6O/c1-4-20(5-2)14-18-12(15)17-13(19-14)16-10-8-6-7-9-11(10)21-3/h6-9H,4-5H2,1-3H3,(H3,15,16,17,18,19). The lowest BCUT2D eigenvalue weighted by molar-refractivity contribution is 0.417. The van der Waals surface area contributed by atoms with Gasteiger partial charge in [-0.25, -0.2) is 0 Å². The summed E-state index contributed by atoms with van der Waals surface area (Å²) in [5.74, 6) is 1.85. The van der Waals surface area contributed by atoms with Crippen LogP contribution in [0.4, 0.5) is 23.5 Å². The number of hydrogen-bond acceptors (Lipinski definition) is 7. The van der Waals surface area contributed by atoms with Crippen LogP contribution in [-0.4, -0.2) is 35.2 Å². The van der Waals surface area contributed by atoms with E-state index in [1.165, 1.54) is 0 Å². The van der Waals surface area contributed by atoms with E-state index >= 15 is 0 Å². The van der Waals surface area contributed by atoms with Crippen molar-refractivity contribution in [3.63, 3.8) is 0 Å². The Morgan fingerprint density at radius 1 is 1.14 bits per heavy atom. The fourth-order valence-electron chi connectivity index (χ4n) is 1.95. The number of nitrogens with zero attached hydrogens (tertiary/aromatic N) is 4. The first kappa shape index (κ1) is 14.8. The van der Waals surface area contributed by atoms with Crippen LogP contribution in [-0.2, 0) is 0 Å². The molecule has 1 heterocycles. The maximum absolute atomic E-state index is 5.77. The normalized spacial score (nSPS) is 10.2. The van der Waals surface area contributed by atoms with Crippen LogP contribution in [0.2, 0.25) is 0 Å². The number of nitrogen functional groups attached to an aromatic ring is 1. The number of rotatable bonds is 6. The van der Waals surface area contributed by atoms with E-state index < -0.39 is 0 Å². The molecular weight excluding hydrogens is 268 g/mol. The molecular formula is C14H20N6O. The number of para-hydroxylation sites is 2. The van der Waals surface area contributed by atoms with Gasteiger partial charge in [0.05, 0.1) is 12.8 Å². The molecule has 1 aromatic heterocycles. The lowest BCUT2D eigenvalue weighted by Gasteiger charge is -2.19. The van der Waals surface area contributed by atoms with Gasteiger partial charge in [-0.15, -0.1) is 0 Å². The van der Waals surface area contributed by atoms with Gasteiger partial charge < -0.3 is 20.7 Å². The van der Waals surface area contributed by atoms with Crippen molar-refractivity contribution in [2.75, 3.05) is 36.1 Å². The number of anilines is 4. The summed E-state index contributed by atoms with van der Waals surface area (Å²) in [6.07, 6.45) is 0. The van der Waals surface area contributed by atoms with Crippen molar-refractivity contribution in [2.24, 2.45) is 0 Å². The van der Waals surface area contributed by atoms with Gasteiger partial charge in [-0.2, -0.15) is 15.0 Å². The molecule has 2 aromatic rings. The van der Waals surface area contributed by atoms with Crippen molar-refractivity contribution in [3.05, 3.63) is 24.3 Å². The molecule has 7 heteroatoms. The Balaban J connectivity index is 2.32. The first-order chi connectivity index (χ1) is 10.2. The van der Waals surface area contributed by atoms with Gasteiger partial charge in [0, 0.05) is 13.1 Å². The zero-order valence-electron chi connectivity index (χ0n) is 12.5. The summed E-state index contributed by atoms with van der Waals surface area (Å²) in [6.45, 7) is 5.68. The van der Waals surface area contributed by atoms with Crippen molar-refractivity contribution in [2.45, 2.75) is 13.8 Å². The zero-order valence-corrected chi connectivity index (χ0v) is 12.5. The Morgan fingerprint density at radius 3 is 2.52 bits per heavy atom. The Bertz CT molecular complexity index is 600. The molecule has 0 aliphatic rings. The SMILES string of the molecule is CCN(CC)c1nc(N)nc(Nc2ccccc2OC)n1. The number of benzene rings is 1. The van der Waals surface area contributed by atoms with E-state index in [4.69, 9.17) is 10.5 Å². The van der Waals surface area contributed by atoms with Gasteiger partial charge in [0.15, 0.2) is 0 Å². The molecule has 0 atom stereocenters. The number of methoxy groups -OCH3 is 1. The predicted octanol–water partition coefficient (Wildman–Crippen LogP) is 2.05. The van der Waals surface area contributed by atoms with E-state index in [1.54, 1.807) is 7.11 Å². The monoisotopic (exact) mass is 288 g/mol. The first-order valence-electron chi connectivity index (χ1n) is 6.84. The van der Waals surface area contributed by atoms with Gasteiger partial charge in [0.25, 0.3) is 0 Å². The van der Waals surface area contributed by atoms with Crippen LogP contribution in [0.5, 0.6) is 5.75 Å². The summed E-state index contributed by atoms with van der Waals surface area (Å²) in [5.41, 5.74) is 6.54. The molecule has 0 aliphatic carbocycles. The number of nitrogens with one attached hydrogen (secondary N) is 1. The highest BCUT2D eigenvalue weighted by Crippen LogP contribution is 2.26. The second-order valence-electron chi connectivity index (χ2n) is 4.31. The second kappa shape index (κ2) is 6.74. The molecule has 0 saturated carbocycles. The Labute approximate surface area is 124 Å². The number of hydrogen-bond donors (Lipinski definition) is 2. The molecule has 112 valence electrons. The van der Waals surface area contributed by atoms with Crippen molar-refractivity contribution in [1.82, 2.24) is 15.0 Å². The number of ether oxygens (including phenoxy) is 1. The molecule has 0 bridgehead atoms. The topological polar surface area (TPSA) is 89.2 Å². The smallest absolute Gasteiger partial charge is 0.233 e. The molecule has 3 N–H and O–H groups in total. The third-order valence-corrected chi connectivity index (χ3v) is 3.04. The molecule has 0 unspecified atom stereocenters. The molecule has 0 radical (unpaired) electrons. The average molecular weight is 288 g/mol. The van der Waals surface area contributed by atoms with E-state index in [0.29, 0.717) is 17.6 Å². The van der Waals surface area contributed by atoms with Crippen LogP contribution in [0.1, 0.15) is 13.8 Å². The molecule has 2 rings (SSSR count). The van der Waals surface area contributed by atoms with E-state index in [2.05, 4.69) is 20.3 Å².